The minimum Gasteiger partial charge on any atom is -0.313 e. The molecule has 0 aliphatic heterocycles. The van der Waals surface area contributed by atoms with Crippen molar-refractivity contribution >= 4 is 11.8 Å². The molecule has 0 aliphatic rings. The predicted molar refractivity (Wildman–Crippen MR) is 82.5 cm³/mol. The second kappa shape index (κ2) is 8.57. The molecule has 0 radical (unpaired) electrons. The first-order chi connectivity index (χ1) is 8.63. The first-order valence-corrected chi connectivity index (χ1v) is 7.69. The van der Waals surface area contributed by atoms with E-state index < -0.39 is 0 Å². The molecule has 0 heterocycles. The Morgan fingerprint density at radius 3 is 2.67 bits per heavy atom. The Morgan fingerprint density at radius 1 is 1.28 bits per heavy atom. The van der Waals surface area contributed by atoms with Crippen LogP contribution in [0.3, 0.4) is 0 Å². The van der Waals surface area contributed by atoms with E-state index in [1.807, 2.05) is 11.8 Å². The fourth-order valence-corrected chi connectivity index (χ4v) is 2.86. The zero-order valence-corrected chi connectivity index (χ0v) is 12.9. The molecule has 1 N–H and O–H groups in total. The summed E-state index contributed by atoms with van der Waals surface area (Å²) in [7, 11) is 4.24. The van der Waals surface area contributed by atoms with Crippen molar-refractivity contribution in [1.82, 2.24) is 10.2 Å². The van der Waals surface area contributed by atoms with E-state index in [9.17, 15) is 0 Å². The molecule has 0 saturated carbocycles. The third-order valence-corrected chi connectivity index (χ3v) is 3.95. The molecular formula is C15H26N2S. The molecule has 1 aromatic rings. The van der Waals surface area contributed by atoms with Gasteiger partial charge >= 0.3 is 0 Å². The van der Waals surface area contributed by atoms with E-state index in [2.05, 4.69) is 56.4 Å². The Kier molecular flexibility index (Phi) is 7.40. The quantitative estimate of drug-likeness (QED) is 0.575. The topological polar surface area (TPSA) is 15.3 Å². The van der Waals surface area contributed by atoms with Crippen molar-refractivity contribution in [2.45, 2.75) is 31.7 Å². The number of hydrogen-bond donors (Lipinski definition) is 1. The van der Waals surface area contributed by atoms with Gasteiger partial charge in [0.25, 0.3) is 0 Å². The maximum atomic E-state index is 3.44. The minimum absolute atomic E-state index is 0.983. The molecule has 0 amide bonds. The van der Waals surface area contributed by atoms with Crippen LogP contribution >= 0.6 is 11.8 Å². The number of rotatable bonds is 8. The van der Waals surface area contributed by atoms with Crippen molar-refractivity contribution in [3.63, 3.8) is 0 Å². The molecule has 0 unspecified atom stereocenters. The largest absolute Gasteiger partial charge is 0.313 e. The first-order valence-electron chi connectivity index (χ1n) is 6.71. The van der Waals surface area contributed by atoms with Gasteiger partial charge in [-0.1, -0.05) is 19.1 Å². The van der Waals surface area contributed by atoms with Crippen LogP contribution in [0.25, 0.3) is 0 Å². The maximum Gasteiger partial charge on any atom is 0.0205 e. The van der Waals surface area contributed by atoms with Crippen molar-refractivity contribution in [2.24, 2.45) is 0 Å². The molecule has 0 aromatic heterocycles. The lowest BCUT2D eigenvalue weighted by atomic mass is 10.1. The Morgan fingerprint density at radius 2 is 2.06 bits per heavy atom. The third kappa shape index (κ3) is 5.89. The molecule has 2 nitrogen and oxygen atoms in total. The van der Waals surface area contributed by atoms with Crippen LogP contribution in [0.5, 0.6) is 0 Å². The van der Waals surface area contributed by atoms with Crippen LogP contribution in [0.4, 0.5) is 0 Å². The van der Waals surface area contributed by atoms with Gasteiger partial charge in [0.2, 0.25) is 0 Å². The number of hydrogen-bond acceptors (Lipinski definition) is 3. The zero-order chi connectivity index (χ0) is 13.4. The number of aryl methyl sites for hydroxylation is 1. The molecular weight excluding hydrogens is 240 g/mol. The summed E-state index contributed by atoms with van der Waals surface area (Å²) in [6.45, 7) is 7.61. The molecule has 3 heteroatoms. The van der Waals surface area contributed by atoms with Crippen LogP contribution < -0.4 is 5.32 Å². The SMILES string of the molecule is CCCNCc1ccc(SCCN(C)C)c(C)c1. The summed E-state index contributed by atoms with van der Waals surface area (Å²) < 4.78 is 0. The maximum absolute atomic E-state index is 3.44. The first kappa shape index (κ1) is 15.5. The van der Waals surface area contributed by atoms with Crippen LogP contribution in [0, 0.1) is 6.92 Å². The van der Waals surface area contributed by atoms with E-state index in [0.717, 1.165) is 25.4 Å². The fourth-order valence-electron chi connectivity index (χ4n) is 1.73. The van der Waals surface area contributed by atoms with Crippen molar-refractivity contribution in [2.75, 3.05) is 32.9 Å². The summed E-state index contributed by atoms with van der Waals surface area (Å²) in [5, 5.41) is 3.44. The number of thioether (sulfide) groups is 1. The highest BCUT2D eigenvalue weighted by atomic mass is 32.2. The summed E-state index contributed by atoms with van der Waals surface area (Å²) in [6, 6.07) is 6.81. The van der Waals surface area contributed by atoms with Gasteiger partial charge in [-0.05, 0) is 51.2 Å². The van der Waals surface area contributed by atoms with E-state index in [1.165, 1.54) is 22.4 Å². The molecule has 0 saturated heterocycles. The predicted octanol–water partition coefficient (Wildman–Crippen LogP) is 3.15. The Bertz CT molecular complexity index is 350. The van der Waals surface area contributed by atoms with Gasteiger partial charge in [0, 0.05) is 23.7 Å². The Hall–Kier alpha value is -0.510. The lowest BCUT2D eigenvalue weighted by Crippen LogP contribution is -2.15. The summed E-state index contributed by atoms with van der Waals surface area (Å²) >= 11 is 1.95. The van der Waals surface area contributed by atoms with Crippen LogP contribution in [0.2, 0.25) is 0 Å². The summed E-state index contributed by atoms with van der Waals surface area (Å²) in [4.78, 5) is 3.64. The monoisotopic (exact) mass is 266 g/mol. The van der Waals surface area contributed by atoms with Crippen LogP contribution in [-0.2, 0) is 6.54 Å². The van der Waals surface area contributed by atoms with Gasteiger partial charge in [0.1, 0.15) is 0 Å². The van der Waals surface area contributed by atoms with E-state index in [-0.39, 0.29) is 0 Å². The van der Waals surface area contributed by atoms with Crippen molar-refractivity contribution in [3.05, 3.63) is 29.3 Å². The molecule has 1 rings (SSSR count). The van der Waals surface area contributed by atoms with E-state index in [0.29, 0.717) is 0 Å². The molecule has 0 atom stereocenters. The van der Waals surface area contributed by atoms with Crippen LogP contribution in [0.1, 0.15) is 24.5 Å². The van der Waals surface area contributed by atoms with Crippen LogP contribution in [0.15, 0.2) is 23.1 Å². The van der Waals surface area contributed by atoms with E-state index in [4.69, 9.17) is 0 Å². The van der Waals surface area contributed by atoms with Crippen molar-refractivity contribution < 1.29 is 0 Å². The number of benzene rings is 1. The number of nitrogens with one attached hydrogen (secondary N) is 1. The van der Waals surface area contributed by atoms with E-state index >= 15 is 0 Å². The second-order valence-corrected chi connectivity index (χ2v) is 6.07. The third-order valence-electron chi connectivity index (χ3n) is 2.79. The average molecular weight is 266 g/mol. The van der Waals surface area contributed by atoms with E-state index in [1.54, 1.807) is 0 Å². The van der Waals surface area contributed by atoms with Crippen molar-refractivity contribution in [3.8, 4) is 0 Å². The van der Waals surface area contributed by atoms with Gasteiger partial charge in [0.05, 0.1) is 0 Å². The molecule has 1 aromatic carbocycles. The molecule has 102 valence electrons. The number of nitrogens with zero attached hydrogens (tertiary/aromatic N) is 1. The van der Waals surface area contributed by atoms with Gasteiger partial charge in [-0.15, -0.1) is 11.8 Å². The highest BCUT2D eigenvalue weighted by Gasteiger charge is 2.01. The highest BCUT2D eigenvalue weighted by molar-refractivity contribution is 7.99. The highest BCUT2D eigenvalue weighted by Crippen LogP contribution is 2.23. The lowest BCUT2D eigenvalue weighted by Gasteiger charge is -2.11. The van der Waals surface area contributed by atoms with Gasteiger partial charge < -0.3 is 10.2 Å². The summed E-state index contributed by atoms with van der Waals surface area (Å²) in [5.41, 5.74) is 2.78. The lowest BCUT2D eigenvalue weighted by molar-refractivity contribution is 0.437. The molecule has 0 bridgehead atoms. The summed E-state index contributed by atoms with van der Waals surface area (Å²) in [5.74, 6) is 1.15. The fraction of sp³-hybridized carbons (Fsp3) is 0.600. The smallest absolute Gasteiger partial charge is 0.0205 e. The molecule has 0 aliphatic carbocycles. The molecule has 0 fully saturated rings. The molecule has 18 heavy (non-hydrogen) atoms. The average Bonchev–Trinajstić information content (AvgIpc) is 2.32. The van der Waals surface area contributed by atoms with Crippen molar-refractivity contribution in [1.29, 1.82) is 0 Å². The van der Waals surface area contributed by atoms with Gasteiger partial charge in [-0.2, -0.15) is 0 Å². The Labute approximate surface area is 116 Å². The minimum atomic E-state index is 0.983. The van der Waals surface area contributed by atoms with Gasteiger partial charge in [0.15, 0.2) is 0 Å². The van der Waals surface area contributed by atoms with Crippen LogP contribution in [-0.4, -0.2) is 37.8 Å². The normalized spacial score (nSPS) is 11.2. The summed E-state index contributed by atoms with van der Waals surface area (Å²) in [6.07, 6.45) is 1.19. The van der Waals surface area contributed by atoms with Gasteiger partial charge in [-0.25, -0.2) is 0 Å². The second-order valence-electron chi connectivity index (χ2n) is 4.93. The molecule has 0 spiro atoms. The Balaban J connectivity index is 2.46. The van der Waals surface area contributed by atoms with Gasteiger partial charge in [-0.3, -0.25) is 0 Å². The standard InChI is InChI=1S/C15H26N2S/c1-5-8-16-12-14-6-7-15(13(2)11-14)18-10-9-17(3)4/h6-7,11,16H,5,8-10,12H2,1-4H3. The zero-order valence-electron chi connectivity index (χ0n) is 12.1.